The van der Waals surface area contributed by atoms with Crippen LogP contribution in [-0.4, -0.2) is 26.0 Å². The lowest BCUT2D eigenvalue weighted by Crippen LogP contribution is -2.15. The number of nitriles is 1. The third-order valence-electron chi connectivity index (χ3n) is 5.85. The SMILES string of the molecule is CC[C@@H](C)Nc1c(C#N)cnc2c(Cl)cc(N[C@@H](c3ccccc3)c3cn(C(C)C)nn3)cc12. The number of halogens is 1. The number of fused-ring (bicyclic) bond motifs is 1. The van der Waals surface area contributed by atoms with Gasteiger partial charge >= 0.3 is 0 Å². The number of rotatable bonds is 8. The molecule has 0 amide bonds. The third kappa shape index (κ3) is 4.82. The molecule has 0 saturated carbocycles. The molecule has 2 N–H and O–H groups in total. The summed E-state index contributed by atoms with van der Waals surface area (Å²) in [4.78, 5) is 4.46. The Bertz CT molecular complexity index is 1320. The summed E-state index contributed by atoms with van der Waals surface area (Å²) < 4.78 is 1.84. The second kappa shape index (κ2) is 10.1. The number of pyridine rings is 1. The molecule has 0 radical (unpaired) electrons. The van der Waals surface area contributed by atoms with Gasteiger partial charge in [0.05, 0.1) is 34.0 Å². The molecule has 34 heavy (non-hydrogen) atoms. The van der Waals surface area contributed by atoms with Crippen LogP contribution in [0.4, 0.5) is 11.4 Å². The van der Waals surface area contributed by atoms with Crippen molar-refractivity contribution in [3.05, 3.63) is 76.7 Å². The fourth-order valence-electron chi connectivity index (χ4n) is 3.75. The van der Waals surface area contributed by atoms with Gasteiger partial charge in [-0.25, -0.2) is 4.68 Å². The van der Waals surface area contributed by atoms with Crippen molar-refractivity contribution in [2.24, 2.45) is 0 Å². The maximum Gasteiger partial charge on any atom is 0.109 e. The number of hydrogen-bond donors (Lipinski definition) is 2. The summed E-state index contributed by atoms with van der Waals surface area (Å²) in [6.45, 7) is 8.32. The van der Waals surface area contributed by atoms with E-state index in [4.69, 9.17) is 11.6 Å². The Kier molecular flexibility index (Phi) is 6.99. The molecule has 2 atom stereocenters. The highest BCUT2D eigenvalue weighted by Crippen LogP contribution is 2.35. The largest absolute Gasteiger partial charge is 0.381 e. The maximum atomic E-state index is 9.70. The van der Waals surface area contributed by atoms with E-state index in [1.54, 1.807) is 6.20 Å². The molecule has 0 aliphatic rings. The second-order valence-electron chi connectivity index (χ2n) is 8.67. The van der Waals surface area contributed by atoms with Crippen molar-refractivity contribution in [2.45, 2.75) is 52.2 Å². The van der Waals surface area contributed by atoms with Gasteiger partial charge < -0.3 is 10.6 Å². The third-order valence-corrected chi connectivity index (χ3v) is 6.13. The van der Waals surface area contributed by atoms with Gasteiger partial charge in [0, 0.05) is 29.4 Å². The topological polar surface area (TPSA) is 91.5 Å². The lowest BCUT2D eigenvalue weighted by Gasteiger charge is -2.21. The number of anilines is 2. The average Bonchev–Trinajstić information content (AvgIpc) is 3.34. The molecule has 2 aromatic heterocycles. The highest BCUT2D eigenvalue weighted by Gasteiger charge is 2.20. The Morgan fingerprint density at radius 3 is 2.53 bits per heavy atom. The standard InChI is InChI=1S/C26H28ClN7/c1-5-17(4)30-24-19(13-28)14-29-26-21(24)11-20(12-22(26)27)31-25(18-9-7-6-8-10-18)23-15-34(16(2)3)33-32-23/h6-12,14-17,25,31H,5H2,1-4H3,(H,29,30)/t17-,25+/m1/s1. The van der Waals surface area contributed by atoms with E-state index in [-0.39, 0.29) is 18.1 Å². The Hall–Kier alpha value is -3.63. The van der Waals surface area contributed by atoms with Gasteiger partial charge in [-0.3, -0.25) is 4.98 Å². The van der Waals surface area contributed by atoms with Crippen LogP contribution in [0.1, 0.15) is 63.0 Å². The molecule has 2 heterocycles. The summed E-state index contributed by atoms with van der Waals surface area (Å²) in [5.41, 5.74) is 4.54. The minimum Gasteiger partial charge on any atom is -0.381 e. The van der Waals surface area contributed by atoms with Crippen LogP contribution in [0.2, 0.25) is 5.02 Å². The lowest BCUT2D eigenvalue weighted by molar-refractivity contribution is 0.514. The van der Waals surface area contributed by atoms with E-state index >= 15 is 0 Å². The van der Waals surface area contributed by atoms with Gasteiger partial charge in [0.15, 0.2) is 0 Å². The first kappa shape index (κ1) is 23.5. The van der Waals surface area contributed by atoms with Gasteiger partial charge in [-0.2, -0.15) is 5.26 Å². The summed E-state index contributed by atoms with van der Waals surface area (Å²) >= 11 is 6.68. The van der Waals surface area contributed by atoms with Crippen LogP contribution in [0.5, 0.6) is 0 Å². The van der Waals surface area contributed by atoms with Crippen LogP contribution in [-0.2, 0) is 0 Å². The summed E-state index contributed by atoms with van der Waals surface area (Å²) in [7, 11) is 0. The van der Waals surface area contributed by atoms with Gasteiger partial charge in [0.1, 0.15) is 11.8 Å². The zero-order valence-corrected chi connectivity index (χ0v) is 20.5. The molecular formula is C26H28ClN7. The summed E-state index contributed by atoms with van der Waals surface area (Å²) in [6, 6.07) is 16.4. The Morgan fingerprint density at radius 2 is 1.88 bits per heavy atom. The van der Waals surface area contributed by atoms with Crippen LogP contribution in [0, 0.1) is 11.3 Å². The van der Waals surface area contributed by atoms with Gasteiger partial charge in [-0.15, -0.1) is 5.10 Å². The molecule has 4 rings (SSSR count). The Labute approximate surface area is 204 Å². The Balaban J connectivity index is 1.82. The fraction of sp³-hybridized carbons (Fsp3) is 0.308. The van der Waals surface area contributed by atoms with E-state index < -0.39 is 0 Å². The number of hydrogen-bond acceptors (Lipinski definition) is 6. The van der Waals surface area contributed by atoms with Gasteiger partial charge in [0.25, 0.3) is 0 Å². The van der Waals surface area contributed by atoms with Crippen molar-refractivity contribution in [3.63, 3.8) is 0 Å². The molecule has 0 saturated heterocycles. The van der Waals surface area contributed by atoms with E-state index in [0.717, 1.165) is 34.4 Å². The van der Waals surface area contributed by atoms with E-state index in [2.05, 4.69) is 71.8 Å². The minimum absolute atomic E-state index is 0.191. The number of nitrogens with one attached hydrogen (secondary N) is 2. The predicted molar refractivity (Wildman–Crippen MR) is 137 cm³/mol. The Morgan fingerprint density at radius 1 is 1.12 bits per heavy atom. The number of benzene rings is 2. The van der Waals surface area contributed by atoms with Crippen LogP contribution < -0.4 is 10.6 Å². The zero-order chi connectivity index (χ0) is 24.2. The monoisotopic (exact) mass is 473 g/mol. The zero-order valence-electron chi connectivity index (χ0n) is 19.7. The first-order valence-electron chi connectivity index (χ1n) is 11.4. The normalized spacial score (nSPS) is 13.0. The van der Waals surface area contributed by atoms with Crippen LogP contribution in [0.25, 0.3) is 10.9 Å². The molecule has 0 fully saturated rings. The van der Waals surface area contributed by atoms with E-state index in [9.17, 15) is 5.26 Å². The molecule has 7 nitrogen and oxygen atoms in total. The molecule has 4 aromatic rings. The van der Waals surface area contributed by atoms with Gasteiger partial charge in [-0.1, -0.05) is 54.1 Å². The predicted octanol–water partition coefficient (Wildman–Crippen LogP) is 6.34. The van der Waals surface area contributed by atoms with E-state index in [1.807, 2.05) is 41.2 Å². The molecule has 0 spiro atoms. The molecule has 0 bridgehead atoms. The quantitative estimate of drug-likeness (QED) is 0.310. The number of nitrogens with zero attached hydrogens (tertiary/aromatic N) is 5. The summed E-state index contributed by atoms with van der Waals surface area (Å²) in [6.07, 6.45) is 4.45. The first-order valence-corrected chi connectivity index (χ1v) is 11.8. The molecule has 8 heteroatoms. The smallest absolute Gasteiger partial charge is 0.109 e. The van der Waals surface area contributed by atoms with Gasteiger partial charge in [-0.05, 0) is 44.9 Å². The molecule has 0 aliphatic heterocycles. The molecule has 0 aliphatic carbocycles. The summed E-state index contributed by atoms with van der Waals surface area (Å²) in [5.74, 6) is 0. The van der Waals surface area contributed by atoms with Crippen molar-refractivity contribution in [2.75, 3.05) is 10.6 Å². The highest BCUT2D eigenvalue weighted by atomic mass is 35.5. The molecule has 0 unspecified atom stereocenters. The van der Waals surface area contributed by atoms with Crippen molar-refractivity contribution in [3.8, 4) is 6.07 Å². The van der Waals surface area contributed by atoms with Crippen LogP contribution >= 0.6 is 11.6 Å². The second-order valence-corrected chi connectivity index (χ2v) is 9.08. The van der Waals surface area contributed by atoms with Crippen LogP contribution in [0.3, 0.4) is 0 Å². The molecular weight excluding hydrogens is 446 g/mol. The minimum atomic E-state index is -0.236. The molecule has 174 valence electrons. The average molecular weight is 474 g/mol. The maximum absolute atomic E-state index is 9.70. The lowest BCUT2D eigenvalue weighted by atomic mass is 10.0. The highest BCUT2D eigenvalue weighted by molar-refractivity contribution is 6.35. The van der Waals surface area contributed by atoms with E-state index in [1.165, 1.54) is 0 Å². The fourth-order valence-corrected chi connectivity index (χ4v) is 4.02. The van der Waals surface area contributed by atoms with Crippen molar-refractivity contribution in [1.29, 1.82) is 5.26 Å². The van der Waals surface area contributed by atoms with E-state index in [0.29, 0.717) is 16.1 Å². The van der Waals surface area contributed by atoms with Crippen molar-refractivity contribution >= 4 is 33.9 Å². The van der Waals surface area contributed by atoms with Crippen molar-refractivity contribution in [1.82, 2.24) is 20.0 Å². The summed E-state index contributed by atoms with van der Waals surface area (Å²) in [5, 5.41) is 26.8. The number of aromatic nitrogens is 4. The van der Waals surface area contributed by atoms with Crippen molar-refractivity contribution < 1.29 is 0 Å². The first-order chi connectivity index (χ1) is 16.4. The van der Waals surface area contributed by atoms with Crippen LogP contribution in [0.15, 0.2) is 54.9 Å². The van der Waals surface area contributed by atoms with Gasteiger partial charge in [0.2, 0.25) is 0 Å². The molecule has 2 aromatic carbocycles.